The maximum absolute atomic E-state index is 6.43. The van der Waals surface area contributed by atoms with E-state index in [1.54, 1.807) is 11.3 Å². The smallest absolute Gasteiger partial charge is 0.160 e. The minimum absolute atomic E-state index is 0.654. The SMILES string of the molecule is c1ccc(-c2ccc3sc4c(-c5cccc6oc7ccccc7c56)nc(-c5ccc6oc7ccc(-c8ccc9oc%10ccccc%10c9c8)cc7c6c5)nc4c3c2)cc1. The van der Waals surface area contributed by atoms with E-state index in [1.165, 1.54) is 5.56 Å². The van der Waals surface area contributed by atoms with Crippen molar-refractivity contribution < 1.29 is 13.3 Å². The fourth-order valence-corrected chi connectivity index (χ4v) is 9.87. The Bertz CT molecular complexity index is 3810. The zero-order chi connectivity index (χ0) is 37.9. The van der Waals surface area contributed by atoms with Crippen LogP contribution in [0.2, 0.25) is 0 Å². The molecule has 8 aromatic carbocycles. The van der Waals surface area contributed by atoms with Crippen LogP contribution in [-0.4, -0.2) is 9.97 Å². The highest BCUT2D eigenvalue weighted by molar-refractivity contribution is 7.26. The Labute approximate surface area is 334 Å². The first-order valence-corrected chi connectivity index (χ1v) is 20.1. The van der Waals surface area contributed by atoms with E-state index in [0.29, 0.717) is 5.82 Å². The molecule has 0 atom stereocenters. The number of fused-ring (bicyclic) bond motifs is 12. The molecule has 0 amide bonds. The largest absolute Gasteiger partial charge is 0.456 e. The highest BCUT2D eigenvalue weighted by Gasteiger charge is 2.22. The van der Waals surface area contributed by atoms with Crippen LogP contribution in [-0.2, 0) is 0 Å². The van der Waals surface area contributed by atoms with Crippen LogP contribution in [0.1, 0.15) is 0 Å². The Morgan fingerprint density at radius 3 is 1.66 bits per heavy atom. The second kappa shape index (κ2) is 12.0. The molecule has 0 fully saturated rings. The van der Waals surface area contributed by atoms with Crippen molar-refractivity contribution in [1.29, 1.82) is 0 Å². The normalized spacial score (nSPS) is 12.1. The van der Waals surface area contributed by atoms with E-state index in [4.69, 9.17) is 23.2 Å². The summed E-state index contributed by atoms with van der Waals surface area (Å²) in [4.78, 5) is 10.9. The molecule has 0 aliphatic rings. The molecule has 0 saturated carbocycles. The van der Waals surface area contributed by atoms with Gasteiger partial charge in [0.15, 0.2) is 5.82 Å². The molecule has 5 nitrogen and oxygen atoms in total. The maximum atomic E-state index is 6.43. The van der Waals surface area contributed by atoms with Gasteiger partial charge >= 0.3 is 0 Å². The van der Waals surface area contributed by atoms with Crippen LogP contribution >= 0.6 is 11.3 Å². The van der Waals surface area contributed by atoms with Crippen LogP contribution in [0.4, 0.5) is 0 Å². The van der Waals surface area contributed by atoms with E-state index in [1.807, 2.05) is 36.4 Å². The Morgan fingerprint density at radius 1 is 0.362 bits per heavy atom. The predicted molar refractivity (Wildman–Crippen MR) is 238 cm³/mol. The van der Waals surface area contributed by atoms with Crippen LogP contribution in [0.15, 0.2) is 183 Å². The molecule has 0 aliphatic carbocycles. The summed E-state index contributed by atoms with van der Waals surface area (Å²) >= 11 is 1.74. The lowest BCUT2D eigenvalue weighted by molar-refractivity contribution is 0.668. The zero-order valence-corrected chi connectivity index (χ0v) is 31.5. The first-order valence-electron chi connectivity index (χ1n) is 19.3. The number of benzene rings is 8. The quantitative estimate of drug-likeness (QED) is 0.179. The zero-order valence-electron chi connectivity index (χ0n) is 30.7. The Kier molecular flexibility index (Phi) is 6.54. The molecule has 0 bridgehead atoms. The molecule has 0 unspecified atom stereocenters. The van der Waals surface area contributed by atoms with E-state index in [9.17, 15) is 0 Å². The first-order chi connectivity index (χ1) is 28.7. The van der Waals surface area contributed by atoms with Crippen molar-refractivity contribution in [2.75, 3.05) is 0 Å². The molecule has 58 heavy (non-hydrogen) atoms. The number of thiophene rings is 1. The average Bonchev–Trinajstić information content (AvgIpc) is 4.05. The third-order valence-corrected chi connectivity index (χ3v) is 12.7. The highest BCUT2D eigenvalue weighted by atomic mass is 32.1. The van der Waals surface area contributed by atoms with Crippen molar-refractivity contribution in [3.05, 3.63) is 170 Å². The molecule has 5 aromatic heterocycles. The molecule has 0 saturated heterocycles. The third kappa shape index (κ3) is 4.70. The van der Waals surface area contributed by atoms with Gasteiger partial charge in [-0.25, -0.2) is 9.97 Å². The maximum Gasteiger partial charge on any atom is 0.160 e. The third-order valence-electron chi connectivity index (χ3n) is 11.5. The van der Waals surface area contributed by atoms with E-state index in [-0.39, 0.29) is 0 Å². The molecule has 13 rings (SSSR count). The average molecular weight is 761 g/mol. The summed E-state index contributed by atoms with van der Waals surface area (Å²) < 4.78 is 21.1. The van der Waals surface area contributed by atoms with Gasteiger partial charge in [-0.15, -0.1) is 11.3 Å². The molecule has 0 spiro atoms. The van der Waals surface area contributed by atoms with Gasteiger partial charge in [0.25, 0.3) is 0 Å². The van der Waals surface area contributed by atoms with Gasteiger partial charge in [-0.1, -0.05) is 97.1 Å². The van der Waals surface area contributed by atoms with Crippen LogP contribution in [0.5, 0.6) is 0 Å². The predicted octanol–water partition coefficient (Wildman–Crippen LogP) is 15.2. The number of nitrogens with zero attached hydrogens (tertiary/aromatic N) is 2. The first kappa shape index (κ1) is 31.6. The summed E-state index contributed by atoms with van der Waals surface area (Å²) in [6.45, 7) is 0. The summed E-state index contributed by atoms with van der Waals surface area (Å²) in [6, 6.07) is 59.0. The summed E-state index contributed by atoms with van der Waals surface area (Å²) in [6.07, 6.45) is 0. The second-order valence-corrected chi connectivity index (χ2v) is 15.9. The van der Waals surface area contributed by atoms with Gasteiger partial charge in [0, 0.05) is 53.5 Å². The van der Waals surface area contributed by atoms with Gasteiger partial charge < -0.3 is 13.3 Å². The van der Waals surface area contributed by atoms with Crippen molar-refractivity contribution in [2.24, 2.45) is 0 Å². The Hall–Kier alpha value is -7.54. The molecular formula is C52H28N2O3S. The van der Waals surface area contributed by atoms with E-state index in [2.05, 4.69) is 133 Å². The Balaban J connectivity index is 1.03. The Morgan fingerprint density at radius 2 is 0.897 bits per heavy atom. The molecule has 0 N–H and O–H groups in total. The lowest BCUT2D eigenvalue weighted by Gasteiger charge is -2.09. The number of hydrogen-bond donors (Lipinski definition) is 0. The summed E-state index contributed by atoms with van der Waals surface area (Å²) in [5, 5.41) is 7.49. The van der Waals surface area contributed by atoms with Gasteiger partial charge in [-0.05, 0) is 95.1 Å². The standard InChI is InChI=1S/C52H28N2O3S/c1-2-9-29(10-3-1)30-20-24-47-40(27-30)50-51(58-47)49(36-13-8-16-46-48(36)35-12-5-7-15-42(35)57-46)53-52(54-50)33-19-23-45-39(28-33)38-26-32(18-22-44(38)56-45)31-17-21-43-37(25-31)34-11-4-6-14-41(34)55-43/h1-28H. The summed E-state index contributed by atoms with van der Waals surface area (Å²) in [5.41, 5.74) is 13.4. The van der Waals surface area contributed by atoms with Gasteiger partial charge in [0.2, 0.25) is 0 Å². The van der Waals surface area contributed by atoms with Crippen molar-refractivity contribution in [2.45, 2.75) is 0 Å². The molecule has 0 aliphatic heterocycles. The minimum Gasteiger partial charge on any atom is -0.456 e. The number of furan rings is 3. The monoisotopic (exact) mass is 760 g/mol. The molecular weight excluding hydrogens is 733 g/mol. The molecule has 270 valence electrons. The second-order valence-electron chi connectivity index (χ2n) is 14.9. The van der Waals surface area contributed by atoms with Crippen LogP contribution in [0.3, 0.4) is 0 Å². The van der Waals surface area contributed by atoms with Crippen molar-refractivity contribution in [3.8, 4) is 44.9 Å². The van der Waals surface area contributed by atoms with Crippen LogP contribution < -0.4 is 0 Å². The van der Waals surface area contributed by atoms with Crippen molar-refractivity contribution in [1.82, 2.24) is 9.97 Å². The van der Waals surface area contributed by atoms with E-state index < -0.39 is 0 Å². The molecule has 6 heteroatoms. The van der Waals surface area contributed by atoms with Gasteiger partial charge in [-0.2, -0.15) is 0 Å². The fourth-order valence-electron chi connectivity index (χ4n) is 8.74. The summed E-state index contributed by atoms with van der Waals surface area (Å²) in [7, 11) is 0. The van der Waals surface area contributed by atoms with E-state index in [0.717, 1.165) is 120 Å². The van der Waals surface area contributed by atoms with Crippen LogP contribution in [0, 0.1) is 0 Å². The highest BCUT2D eigenvalue weighted by Crippen LogP contribution is 2.45. The number of rotatable bonds is 4. The van der Waals surface area contributed by atoms with Gasteiger partial charge in [0.1, 0.15) is 33.5 Å². The van der Waals surface area contributed by atoms with Gasteiger partial charge in [0.05, 0.1) is 15.9 Å². The van der Waals surface area contributed by atoms with Crippen molar-refractivity contribution in [3.63, 3.8) is 0 Å². The fraction of sp³-hybridized carbons (Fsp3) is 0. The van der Waals surface area contributed by atoms with E-state index >= 15 is 0 Å². The molecule has 13 aromatic rings. The topological polar surface area (TPSA) is 65.2 Å². The van der Waals surface area contributed by atoms with Crippen LogP contribution in [0.25, 0.3) is 131 Å². The molecule has 5 heterocycles. The number of hydrogen-bond acceptors (Lipinski definition) is 6. The summed E-state index contributed by atoms with van der Waals surface area (Å²) in [5.74, 6) is 0.654. The lowest BCUT2D eigenvalue weighted by atomic mass is 10.00. The minimum atomic E-state index is 0.654. The molecule has 0 radical (unpaired) electrons. The van der Waals surface area contributed by atoms with Crippen molar-refractivity contribution >= 4 is 97.5 Å². The number of para-hydroxylation sites is 2. The lowest BCUT2D eigenvalue weighted by Crippen LogP contribution is -1.94. The number of aromatic nitrogens is 2. The van der Waals surface area contributed by atoms with Gasteiger partial charge in [-0.3, -0.25) is 0 Å².